The molecule has 0 saturated carbocycles. The van der Waals surface area contributed by atoms with E-state index in [9.17, 15) is 4.79 Å². The van der Waals surface area contributed by atoms with E-state index in [1.165, 1.54) is 0 Å². The Hall–Kier alpha value is -1.46. The zero-order chi connectivity index (χ0) is 13.5. The average molecular weight is 285 g/mol. The van der Waals surface area contributed by atoms with E-state index < -0.39 is 0 Å². The molecule has 1 aliphatic heterocycles. The molecule has 0 unspecified atom stereocenters. The van der Waals surface area contributed by atoms with Crippen molar-refractivity contribution in [3.05, 3.63) is 29.3 Å². The van der Waals surface area contributed by atoms with Gasteiger partial charge in [0.25, 0.3) is 0 Å². The summed E-state index contributed by atoms with van der Waals surface area (Å²) >= 11 is 5.84. The van der Waals surface area contributed by atoms with Gasteiger partial charge in [0.2, 0.25) is 0 Å². The van der Waals surface area contributed by atoms with Crippen LogP contribution in [0.3, 0.4) is 0 Å². The van der Waals surface area contributed by atoms with Gasteiger partial charge in [-0.2, -0.15) is 0 Å². The number of hydrogen-bond donors (Lipinski definition) is 1. The van der Waals surface area contributed by atoms with Crippen LogP contribution in [0, 0.1) is 0 Å². The van der Waals surface area contributed by atoms with E-state index in [0.717, 1.165) is 0 Å². The molecule has 19 heavy (non-hydrogen) atoms. The normalized spacial score (nSPS) is 15.1. The van der Waals surface area contributed by atoms with Gasteiger partial charge in [-0.15, -0.1) is 0 Å². The molecule has 104 valence electrons. The molecular weight excluding hydrogens is 268 g/mol. The third-order valence-corrected chi connectivity index (χ3v) is 2.98. The van der Waals surface area contributed by atoms with Crippen LogP contribution >= 0.6 is 11.6 Å². The van der Waals surface area contributed by atoms with Crippen LogP contribution < -0.4 is 10.1 Å². The van der Waals surface area contributed by atoms with Crippen LogP contribution in [0.1, 0.15) is 0 Å². The molecule has 2 rings (SSSR count). The second-order valence-corrected chi connectivity index (χ2v) is 4.57. The van der Waals surface area contributed by atoms with Crippen molar-refractivity contribution in [2.45, 2.75) is 0 Å². The quantitative estimate of drug-likeness (QED) is 0.857. The van der Waals surface area contributed by atoms with Gasteiger partial charge in [0.05, 0.1) is 19.8 Å². The highest BCUT2D eigenvalue weighted by atomic mass is 35.5. The van der Waals surface area contributed by atoms with Crippen LogP contribution in [0.4, 0.5) is 4.79 Å². The molecule has 0 aromatic heterocycles. The molecular formula is C13H17ClN2O3. The highest BCUT2D eigenvalue weighted by Gasteiger charge is 2.15. The minimum Gasteiger partial charge on any atom is -0.492 e. The largest absolute Gasteiger partial charge is 0.492 e. The molecule has 1 aromatic rings. The third kappa shape index (κ3) is 4.61. The molecule has 1 aromatic carbocycles. The first-order valence-corrected chi connectivity index (χ1v) is 6.62. The number of benzene rings is 1. The fraction of sp³-hybridized carbons (Fsp3) is 0.462. The lowest BCUT2D eigenvalue weighted by atomic mass is 10.3. The molecule has 1 aliphatic rings. The van der Waals surface area contributed by atoms with Crippen molar-refractivity contribution in [3.8, 4) is 5.75 Å². The minimum atomic E-state index is -0.0713. The summed E-state index contributed by atoms with van der Waals surface area (Å²) in [5.41, 5.74) is 0. The molecule has 0 bridgehead atoms. The average Bonchev–Trinajstić information content (AvgIpc) is 2.44. The first-order chi connectivity index (χ1) is 9.25. The van der Waals surface area contributed by atoms with Gasteiger partial charge < -0.3 is 19.7 Å². The van der Waals surface area contributed by atoms with Gasteiger partial charge >= 0.3 is 6.03 Å². The van der Waals surface area contributed by atoms with Gasteiger partial charge in [-0.1, -0.05) is 17.7 Å². The van der Waals surface area contributed by atoms with E-state index in [1.807, 2.05) is 12.1 Å². The Kier molecular flexibility index (Phi) is 5.30. The van der Waals surface area contributed by atoms with Gasteiger partial charge in [0.15, 0.2) is 0 Å². The zero-order valence-electron chi connectivity index (χ0n) is 10.6. The van der Waals surface area contributed by atoms with Crippen LogP contribution in [0.25, 0.3) is 0 Å². The van der Waals surface area contributed by atoms with Gasteiger partial charge in [0, 0.05) is 18.1 Å². The van der Waals surface area contributed by atoms with Crippen molar-refractivity contribution >= 4 is 17.6 Å². The van der Waals surface area contributed by atoms with Crippen LogP contribution in [-0.2, 0) is 4.74 Å². The van der Waals surface area contributed by atoms with Crippen molar-refractivity contribution in [3.63, 3.8) is 0 Å². The number of urea groups is 1. The van der Waals surface area contributed by atoms with Gasteiger partial charge in [0.1, 0.15) is 12.4 Å². The second-order valence-electron chi connectivity index (χ2n) is 4.14. The first-order valence-electron chi connectivity index (χ1n) is 6.24. The number of carbonyl (C=O) groups is 1. The number of morpholine rings is 1. The summed E-state index contributed by atoms with van der Waals surface area (Å²) in [6.45, 7) is 3.36. The predicted octanol–water partition coefficient (Wildman–Crippen LogP) is 1.76. The van der Waals surface area contributed by atoms with E-state index in [1.54, 1.807) is 17.0 Å². The van der Waals surface area contributed by atoms with Crippen LogP contribution in [0.2, 0.25) is 5.02 Å². The Labute approximate surface area is 117 Å². The maximum atomic E-state index is 11.7. The predicted molar refractivity (Wildman–Crippen MR) is 72.7 cm³/mol. The Balaban J connectivity index is 1.65. The molecule has 0 spiro atoms. The van der Waals surface area contributed by atoms with Crippen molar-refractivity contribution in [1.82, 2.24) is 10.2 Å². The Morgan fingerprint density at radius 2 is 2.21 bits per heavy atom. The molecule has 0 radical (unpaired) electrons. The van der Waals surface area contributed by atoms with Crippen molar-refractivity contribution in [2.24, 2.45) is 0 Å². The summed E-state index contributed by atoms with van der Waals surface area (Å²) in [5, 5.41) is 3.44. The molecule has 6 heteroatoms. The summed E-state index contributed by atoms with van der Waals surface area (Å²) in [5.74, 6) is 0.702. The zero-order valence-corrected chi connectivity index (χ0v) is 11.4. The number of amides is 2. The Bertz CT molecular complexity index is 422. The minimum absolute atomic E-state index is 0.0713. The monoisotopic (exact) mass is 284 g/mol. The highest BCUT2D eigenvalue weighted by molar-refractivity contribution is 6.30. The van der Waals surface area contributed by atoms with Crippen molar-refractivity contribution < 1.29 is 14.3 Å². The fourth-order valence-electron chi connectivity index (χ4n) is 1.76. The van der Waals surface area contributed by atoms with E-state index in [2.05, 4.69) is 5.32 Å². The SMILES string of the molecule is O=C(NCCOc1cccc(Cl)c1)N1CCOCC1. The van der Waals surface area contributed by atoms with E-state index >= 15 is 0 Å². The highest BCUT2D eigenvalue weighted by Crippen LogP contribution is 2.16. The molecule has 0 atom stereocenters. The number of hydrogen-bond acceptors (Lipinski definition) is 3. The van der Waals surface area contributed by atoms with Gasteiger partial charge in [-0.05, 0) is 18.2 Å². The van der Waals surface area contributed by atoms with Gasteiger partial charge in [-0.25, -0.2) is 4.79 Å². The summed E-state index contributed by atoms with van der Waals surface area (Å²) < 4.78 is 10.7. The number of carbonyl (C=O) groups excluding carboxylic acids is 1. The molecule has 5 nitrogen and oxygen atoms in total. The summed E-state index contributed by atoms with van der Waals surface area (Å²) in [7, 11) is 0. The van der Waals surface area contributed by atoms with Gasteiger partial charge in [-0.3, -0.25) is 0 Å². The van der Waals surface area contributed by atoms with E-state index in [0.29, 0.717) is 50.2 Å². The van der Waals surface area contributed by atoms with Crippen molar-refractivity contribution in [1.29, 1.82) is 0 Å². The number of rotatable bonds is 4. The lowest BCUT2D eigenvalue weighted by Gasteiger charge is -2.26. The molecule has 1 saturated heterocycles. The lowest BCUT2D eigenvalue weighted by molar-refractivity contribution is 0.0530. The fourth-order valence-corrected chi connectivity index (χ4v) is 1.94. The Morgan fingerprint density at radius 1 is 1.42 bits per heavy atom. The first kappa shape index (κ1) is 14.0. The lowest BCUT2D eigenvalue weighted by Crippen LogP contribution is -2.47. The molecule has 1 N–H and O–H groups in total. The van der Waals surface area contributed by atoms with Crippen LogP contribution in [-0.4, -0.2) is 50.4 Å². The number of nitrogens with one attached hydrogen (secondary N) is 1. The Morgan fingerprint density at radius 3 is 2.95 bits per heavy atom. The summed E-state index contributed by atoms with van der Waals surface area (Å²) in [6.07, 6.45) is 0. The number of halogens is 1. The maximum Gasteiger partial charge on any atom is 0.317 e. The maximum absolute atomic E-state index is 11.7. The second kappa shape index (κ2) is 7.21. The van der Waals surface area contributed by atoms with E-state index in [4.69, 9.17) is 21.1 Å². The smallest absolute Gasteiger partial charge is 0.317 e. The topological polar surface area (TPSA) is 50.8 Å². The van der Waals surface area contributed by atoms with Crippen molar-refractivity contribution in [2.75, 3.05) is 39.5 Å². The number of ether oxygens (including phenoxy) is 2. The van der Waals surface area contributed by atoms with Crippen LogP contribution in [0.5, 0.6) is 5.75 Å². The summed E-state index contributed by atoms with van der Waals surface area (Å²) in [6, 6.07) is 7.11. The molecule has 0 aliphatic carbocycles. The third-order valence-electron chi connectivity index (χ3n) is 2.74. The number of nitrogens with zero attached hydrogens (tertiary/aromatic N) is 1. The van der Waals surface area contributed by atoms with E-state index in [-0.39, 0.29) is 6.03 Å². The molecule has 2 amide bonds. The standard InChI is InChI=1S/C13H17ClN2O3/c14-11-2-1-3-12(10-11)19-7-4-15-13(17)16-5-8-18-9-6-16/h1-3,10H,4-9H2,(H,15,17). The van der Waals surface area contributed by atoms with Crippen LogP contribution in [0.15, 0.2) is 24.3 Å². The summed E-state index contributed by atoms with van der Waals surface area (Å²) in [4.78, 5) is 13.5. The molecule has 1 fully saturated rings. The molecule has 1 heterocycles.